The van der Waals surface area contributed by atoms with E-state index in [1.807, 2.05) is 0 Å². The zero-order valence-corrected chi connectivity index (χ0v) is 13.7. The van der Waals surface area contributed by atoms with Crippen molar-refractivity contribution >= 4 is 17.3 Å². The van der Waals surface area contributed by atoms with Crippen LogP contribution in [0.2, 0.25) is 0 Å². The Kier molecular flexibility index (Phi) is 3.79. The summed E-state index contributed by atoms with van der Waals surface area (Å²) in [5.74, 6) is 1.07. The van der Waals surface area contributed by atoms with Crippen molar-refractivity contribution in [3.8, 4) is 0 Å². The number of nitrogens with zero attached hydrogens (tertiary/aromatic N) is 2. The van der Waals surface area contributed by atoms with Gasteiger partial charge in [-0.15, -0.1) is 0 Å². The maximum absolute atomic E-state index is 13.1. The molecule has 1 aliphatic heterocycles. The van der Waals surface area contributed by atoms with Crippen molar-refractivity contribution in [1.82, 2.24) is 0 Å². The Morgan fingerprint density at radius 3 is 2.62 bits per heavy atom. The first-order valence-corrected chi connectivity index (χ1v) is 8.89. The highest BCUT2D eigenvalue weighted by Crippen LogP contribution is 2.43. The molecule has 1 aromatic rings. The van der Waals surface area contributed by atoms with Gasteiger partial charge in [-0.2, -0.15) is 0 Å². The number of fused-ring (bicyclic) bond motifs is 3. The Morgan fingerprint density at radius 2 is 1.96 bits per heavy atom. The third-order valence-corrected chi connectivity index (χ3v) is 6.20. The molecular weight excluding hydrogens is 306 g/mol. The number of hydrogen-bond donors (Lipinski definition) is 1. The molecule has 2 fully saturated rings. The molecule has 2 N–H and O–H groups in total. The molecule has 1 aromatic carbocycles. The van der Waals surface area contributed by atoms with Gasteiger partial charge in [0.2, 0.25) is 5.91 Å². The molecule has 0 saturated heterocycles. The summed E-state index contributed by atoms with van der Waals surface area (Å²) in [6.45, 7) is 0.632. The Labute approximate surface area is 141 Å². The molecule has 0 spiro atoms. The molecule has 6 nitrogen and oxygen atoms in total. The van der Waals surface area contributed by atoms with Crippen LogP contribution in [0.1, 0.15) is 37.7 Å². The van der Waals surface area contributed by atoms with Gasteiger partial charge >= 0.3 is 0 Å². The lowest BCUT2D eigenvalue weighted by atomic mass is 9.65. The van der Waals surface area contributed by atoms with E-state index in [1.54, 1.807) is 17.0 Å². The number of benzene rings is 1. The number of nitro benzene ring substituents is 1. The Hall–Kier alpha value is -1.95. The smallest absolute Gasteiger partial charge is 0.271 e. The SMILES string of the molecule is NC1C2CCCC1CC(C(=O)N1CCc3ccc([N+](=O)[O-])cc31)C2. The average molecular weight is 329 g/mol. The lowest BCUT2D eigenvalue weighted by Gasteiger charge is -2.44. The molecule has 1 amide bonds. The topological polar surface area (TPSA) is 89.5 Å². The first kappa shape index (κ1) is 15.6. The summed E-state index contributed by atoms with van der Waals surface area (Å²) in [7, 11) is 0. The first-order valence-electron chi connectivity index (χ1n) is 8.89. The van der Waals surface area contributed by atoms with Crippen molar-refractivity contribution < 1.29 is 9.72 Å². The fourth-order valence-corrected chi connectivity index (χ4v) is 4.92. The van der Waals surface area contributed by atoms with E-state index in [0.717, 1.165) is 43.4 Å². The fraction of sp³-hybridized carbons (Fsp3) is 0.611. The molecule has 3 aliphatic rings. The molecular formula is C18H23N3O3. The molecule has 0 radical (unpaired) electrons. The van der Waals surface area contributed by atoms with E-state index in [9.17, 15) is 14.9 Å². The highest BCUT2D eigenvalue weighted by atomic mass is 16.6. The monoisotopic (exact) mass is 329 g/mol. The van der Waals surface area contributed by atoms with Crippen LogP contribution in [-0.4, -0.2) is 23.4 Å². The van der Waals surface area contributed by atoms with Crippen LogP contribution in [-0.2, 0) is 11.2 Å². The fourth-order valence-electron chi connectivity index (χ4n) is 4.92. The van der Waals surface area contributed by atoms with E-state index < -0.39 is 4.92 Å². The predicted molar refractivity (Wildman–Crippen MR) is 90.7 cm³/mol. The van der Waals surface area contributed by atoms with Gasteiger partial charge in [-0.25, -0.2) is 0 Å². The number of hydrogen-bond acceptors (Lipinski definition) is 4. The molecule has 2 atom stereocenters. The summed E-state index contributed by atoms with van der Waals surface area (Å²) in [5, 5.41) is 11.0. The van der Waals surface area contributed by atoms with E-state index in [4.69, 9.17) is 5.73 Å². The Balaban J connectivity index is 1.57. The Bertz CT molecular complexity index is 676. The number of carbonyl (C=O) groups is 1. The van der Waals surface area contributed by atoms with Gasteiger partial charge < -0.3 is 10.6 Å². The first-order chi connectivity index (χ1) is 11.5. The van der Waals surface area contributed by atoms with E-state index >= 15 is 0 Å². The van der Waals surface area contributed by atoms with Gasteiger partial charge in [0, 0.05) is 30.6 Å². The average Bonchev–Trinajstić information content (AvgIpc) is 2.96. The van der Waals surface area contributed by atoms with Gasteiger partial charge in [-0.3, -0.25) is 14.9 Å². The van der Waals surface area contributed by atoms with Gasteiger partial charge in [-0.05, 0) is 49.5 Å². The lowest BCUT2D eigenvalue weighted by molar-refractivity contribution is -0.384. The Morgan fingerprint density at radius 1 is 1.25 bits per heavy atom. The van der Waals surface area contributed by atoms with Gasteiger partial charge in [0.25, 0.3) is 5.69 Å². The van der Waals surface area contributed by atoms with E-state index in [-0.39, 0.29) is 23.6 Å². The minimum Gasteiger partial charge on any atom is -0.327 e. The van der Waals surface area contributed by atoms with E-state index in [0.29, 0.717) is 18.4 Å². The normalized spacial score (nSPS) is 31.6. The quantitative estimate of drug-likeness (QED) is 0.667. The van der Waals surface area contributed by atoms with Crippen LogP contribution < -0.4 is 10.6 Å². The standard InChI is InChI=1S/C18H23N3O3/c19-17-12-2-1-3-13(17)9-14(8-12)18(22)20-7-6-11-4-5-15(21(23)24)10-16(11)20/h4-5,10,12-14,17H,1-3,6-9,19H2. The third kappa shape index (κ3) is 2.49. The minimum absolute atomic E-state index is 0.0188. The predicted octanol–water partition coefficient (Wildman–Crippen LogP) is 2.64. The number of anilines is 1. The van der Waals surface area contributed by atoms with Crippen LogP contribution >= 0.6 is 0 Å². The molecule has 2 bridgehead atoms. The summed E-state index contributed by atoms with van der Waals surface area (Å²) < 4.78 is 0. The second kappa shape index (κ2) is 5.84. The van der Waals surface area contributed by atoms with Crippen LogP contribution in [0.4, 0.5) is 11.4 Å². The molecule has 2 saturated carbocycles. The van der Waals surface area contributed by atoms with Crippen LogP contribution in [0.5, 0.6) is 0 Å². The van der Waals surface area contributed by atoms with Crippen molar-refractivity contribution in [2.24, 2.45) is 23.5 Å². The summed E-state index contributed by atoms with van der Waals surface area (Å²) in [5.41, 5.74) is 8.14. The number of non-ortho nitro benzene ring substituents is 1. The van der Waals surface area contributed by atoms with Gasteiger partial charge in [0.05, 0.1) is 10.6 Å². The second-order valence-electron chi connectivity index (χ2n) is 7.51. The number of rotatable bonds is 2. The molecule has 4 rings (SSSR count). The molecule has 2 unspecified atom stereocenters. The molecule has 24 heavy (non-hydrogen) atoms. The number of carbonyl (C=O) groups excluding carboxylic acids is 1. The van der Waals surface area contributed by atoms with E-state index in [1.165, 1.54) is 12.5 Å². The lowest BCUT2D eigenvalue weighted by Crippen LogP contribution is -2.49. The molecule has 1 heterocycles. The summed E-state index contributed by atoms with van der Waals surface area (Å²) in [6.07, 6.45) is 6.00. The maximum atomic E-state index is 13.1. The number of amides is 1. The van der Waals surface area contributed by atoms with Crippen LogP contribution in [0.25, 0.3) is 0 Å². The van der Waals surface area contributed by atoms with Crippen LogP contribution in [0.3, 0.4) is 0 Å². The van der Waals surface area contributed by atoms with Crippen LogP contribution in [0, 0.1) is 27.9 Å². The van der Waals surface area contributed by atoms with Gasteiger partial charge in [-0.1, -0.05) is 12.5 Å². The largest absolute Gasteiger partial charge is 0.327 e. The molecule has 2 aliphatic carbocycles. The van der Waals surface area contributed by atoms with Gasteiger partial charge in [0.1, 0.15) is 0 Å². The third-order valence-electron chi connectivity index (χ3n) is 6.20. The van der Waals surface area contributed by atoms with Crippen molar-refractivity contribution in [3.05, 3.63) is 33.9 Å². The summed E-state index contributed by atoms with van der Waals surface area (Å²) in [6, 6.07) is 5.10. The number of nitro groups is 1. The van der Waals surface area contributed by atoms with Crippen LogP contribution in [0.15, 0.2) is 18.2 Å². The molecule has 6 heteroatoms. The summed E-state index contributed by atoms with van der Waals surface area (Å²) in [4.78, 5) is 25.5. The van der Waals surface area contributed by atoms with Gasteiger partial charge in [0.15, 0.2) is 0 Å². The number of nitrogens with two attached hydrogens (primary N) is 1. The van der Waals surface area contributed by atoms with Crippen molar-refractivity contribution in [3.63, 3.8) is 0 Å². The van der Waals surface area contributed by atoms with Crippen molar-refractivity contribution in [2.75, 3.05) is 11.4 Å². The van der Waals surface area contributed by atoms with Crippen molar-refractivity contribution in [2.45, 2.75) is 44.6 Å². The molecule has 128 valence electrons. The highest BCUT2D eigenvalue weighted by Gasteiger charge is 2.42. The zero-order valence-electron chi connectivity index (χ0n) is 13.7. The minimum atomic E-state index is -0.398. The molecule has 0 aromatic heterocycles. The van der Waals surface area contributed by atoms with Crippen molar-refractivity contribution in [1.29, 1.82) is 0 Å². The van der Waals surface area contributed by atoms with E-state index in [2.05, 4.69) is 0 Å². The summed E-state index contributed by atoms with van der Waals surface area (Å²) >= 11 is 0. The highest BCUT2D eigenvalue weighted by molar-refractivity contribution is 5.97. The maximum Gasteiger partial charge on any atom is 0.271 e. The second-order valence-corrected chi connectivity index (χ2v) is 7.51. The zero-order chi connectivity index (χ0) is 16.8.